The zero-order valence-corrected chi connectivity index (χ0v) is 10.7. The maximum atomic E-state index is 11.5. The van der Waals surface area contributed by atoms with E-state index in [-0.39, 0.29) is 5.97 Å². The van der Waals surface area contributed by atoms with Gasteiger partial charge >= 0.3 is 5.97 Å². The minimum atomic E-state index is -0.610. The van der Waals surface area contributed by atoms with Gasteiger partial charge in [0.25, 0.3) is 0 Å². The highest BCUT2D eigenvalue weighted by molar-refractivity contribution is 6.30. The van der Waals surface area contributed by atoms with Crippen LogP contribution in [0, 0.1) is 0 Å². The van der Waals surface area contributed by atoms with Crippen LogP contribution in [0.5, 0.6) is 5.75 Å². The molecule has 0 saturated carbocycles. The first kappa shape index (κ1) is 12.1. The summed E-state index contributed by atoms with van der Waals surface area (Å²) in [6.45, 7) is 0. The van der Waals surface area contributed by atoms with Crippen molar-refractivity contribution < 1.29 is 14.3 Å². The Morgan fingerprint density at radius 1 is 1.05 bits per heavy atom. The van der Waals surface area contributed by atoms with Crippen LogP contribution in [0.15, 0.2) is 54.6 Å². The Morgan fingerprint density at radius 3 is 2.53 bits per heavy atom. The normalized spacial score (nSPS) is 21.4. The van der Waals surface area contributed by atoms with Crippen molar-refractivity contribution >= 4 is 17.6 Å². The molecule has 0 radical (unpaired) electrons. The van der Waals surface area contributed by atoms with E-state index in [0.717, 1.165) is 5.56 Å². The molecule has 3 nitrogen and oxygen atoms in total. The lowest BCUT2D eigenvalue weighted by atomic mass is 10.00. The van der Waals surface area contributed by atoms with Gasteiger partial charge in [0.1, 0.15) is 5.75 Å². The van der Waals surface area contributed by atoms with E-state index >= 15 is 0 Å². The molecule has 3 rings (SSSR count). The molecule has 2 aromatic rings. The Labute approximate surface area is 115 Å². The number of carbonyl (C=O) groups is 1. The van der Waals surface area contributed by atoms with Gasteiger partial charge in [0.05, 0.1) is 0 Å². The summed E-state index contributed by atoms with van der Waals surface area (Å²) in [5.74, 6) is 0.296. The Balaban J connectivity index is 1.79. The van der Waals surface area contributed by atoms with Crippen molar-refractivity contribution in [3.05, 3.63) is 65.2 Å². The van der Waals surface area contributed by atoms with Gasteiger partial charge in [-0.15, -0.1) is 0 Å². The molecule has 0 aromatic heterocycles. The molecule has 0 bridgehead atoms. The van der Waals surface area contributed by atoms with E-state index in [4.69, 9.17) is 21.1 Å². The van der Waals surface area contributed by atoms with E-state index < -0.39 is 12.2 Å². The topological polar surface area (TPSA) is 35.5 Å². The standard InChI is InChI=1S/C15H11ClO3/c16-11-6-4-5-10(9-11)13-14(15(17)19-13)18-12-7-2-1-3-8-12/h1-9,13-14H/t13-,14+/m1/s1. The number of hydrogen-bond acceptors (Lipinski definition) is 3. The maximum Gasteiger partial charge on any atom is 0.352 e. The first-order valence-electron chi connectivity index (χ1n) is 5.92. The van der Waals surface area contributed by atoms with E-state index in [0.29, 0.717) is 10.8 Å². The van der Waals surface area contributed by atoms with E-state index in [1.54, 1.807) is 24.3 Å². The van der Waals surface area contributed by atoms with Crippen LogP contribution in [0.4, 0.5) is 0 Å². The van der Waals surface area contributed by atoms with Crippen LogP contribution < -0.4 is 4.74 Å². The molecular formula is C15H11ClO3. The zero-order chi connectivity index (χ0) is 13.2. The summed E-state index contributed by atoms with van der Waals surface area (Å²) in [6, 6.07) is 16.5. The van der Waals surface area contributed by atoms with Crippen LogP contribution in [-0.2, 0) is 9.53 Å². The SMILES string of the molecule is O=C1O[C@H](c2cccc(Cl)c2)[C@@H]1Oc1ccccc1. The number of esters is 1. The molecule has 1 fully saturated rings. The van der Waals surface area contributed by atoms with Gasteiger partial charge in [-0.2, -0.15) is 0 Å². The van der Waals surface area contributed by atoms with E-state index in [9.17, 15) is 4.79 Å². The third kappa shape index (κ3) is 2.42. The Morgan fingerprint density at radius 2 is 1.84 bits per heavy atom. The van der Waals surface area contributed by atoms with Gasteiger partial charge in [0.2, 0.25) is 6.10 Å². The van der Waals surface area contributed by atoms with Crippen molar-refractivity contribution in [3.8, 4) is 5.75 Å². The summed E-state index contributed by atoms with van der Waals surface area (Å²) in [4.78, 5) is 11.5. The maximum absolute atomic E-state index is 11.5. The van der Waals surface area contributed by atoms with Gasteiger partial charge in [-0.1, -0.05) is 41.9 Å². The summed E-state index contributed by atoms with van der Waals surface area (Å²) in [7, 11) is 0. The van der Waals surface area contributed by atoms with Gasteiger partial charge in [-0.05, 0) is 29.8 Å². The van der Waals surface area contributed by atoms with Crippen LogP contribution in [-0.4, -0.2) is 12.1 Å². The average Bonchev–Trinajstić information content (AvgIpc) is 2.43. The number of hydrogen-bond donors (Lipinski definition) is 0. The lowest BCUT2D eigenvalue weighted by molar-refractivity contribution is -0.194. The van der Waals surface area contributed by atoms with Crippen LogP contribution in [0.2, 0.25) is 5.02 Å². The molecule has 0 spiro atoms. The molecule has 4 heteroatoms. The molecule has 2 aromatic carbocycles. The Hall–Kier alpha value is -2.00. The molecule has 1 heterocycles. The highest BCUT2D eigenvalue weighted by Gasteiger charge is 2.45. The van der Waals surface area contributed by atoms with Crippen LogP contribution in [0.1, 0.15) is 11.7 Å². The second-order valence-corrected chi connectivity index (χ2v) is 4.70. The van der Waals surface area contributed by atoms with E-state index in [1.807, 2.05) is 30.3 Å². The number of halogens is 1. The van der Waals surface area contributed by atoms with Crippen molar-refractivity contribution in [3.63, 3.8) is 0 Å². The summed E-state index contributed by atoms with van der Waals surface area (Å²) in [5.41, 5.74) is 0.841. The molecule has 96 valence electrons. The molecule has 2 atom stereocenters. The summed E-state index contributed by atoms with van der Waals surface area (Å²) in [5, 5.41) is 0.610. The summed E-state index contributed by atoms with van der Waals surface area (Å²) < 4.78 is 10.8. The lowest BCUT2D eigenvalue weighted by Crippen LogP contribution is -2.47. The van der Waals surface area contributed by atoms with Gasteiger partial charge in [0.15, 0.2) is 6.10 Å². The molecule has 0 amide bonds. The molecule has 19 heavy (non-hydrogen) atoms. The number of cyclic esters (lactones) is 1. The van der Waals surface area contributed by atoms with Crippen molar-refractivity contribution in [2.45, 2.75) is 12.2 Å². The van der Waals surface area contributed by atoms with Crippen molar-refractivity contribution in [2.75, 3.05) is 0 Å². The van der Waals surface area contributed by atoms with Crippen LogP contribution in [0.25, 0.3) is 0 Å². The fourth-order valence-electron chi connectivity index (χ4n) is 1.99. The first-order chi connectivity index (χ1) is 9.24. The van der Waals surface area contributed by atoms with Crippen molar-refractivity contribution in [1.29, 1.82) is 0 Å². The fourth-order valence-corrected chi connectivity index (χ4v) is 2.19. The van der Waals surface area contributed by atoms with Gasteiger partial charge in [0, 0.05) is 5.02 Å². The minimum absolute atomic E-state index is 0.353. The monoisotopic (exact) mass is 274 g/mol. The second kappa shape index (κ2) is 4.94. The van der Waals surface area contributed by atoms with Crippen LogP contribution in [0.3, 0.4) is 0 Å². The number of benzene rings is 2. The molecule has 0 N–H and O–H groups in total. The molecule has 0 unspecified atom stereocenters. The predicted octanol–water partition coefficient (Wildman–Crippen LogP) is 3.39. The number of ether oxygens (including phenoxy) is 2. The summed E-state index contributed by atoms with van der Waals surface area (Å²) in [6.07, 6.45) is -1.01. The van der Waals surface area contributed by atoms with Gasteiger partial charge in [-0.25, -0.2) is 4.79 Å². The quantitative estimate of drug-likeness (QED) is 0.805. The number of carbonyl (C=O) groups excluding carboxylic acids is 1. The van der Waals surface area contributed by atoms with Gasteiger partial charge in [-0.3, -0.25) is 0 Å². The van der Waals surface area contributed by atoms with E-state index in [1.165, 1.54) is 0 Å². The highest BCUT2D eigenvalue weighted by Crippen LogP contribution is 2.35. The smallest absolute Gasteiger partial charge is 0.352 e. The largest absolute Gasteiger partial charge is 0.474 e. The van der Waals surface area contributed by atoms with Crippen molar-refractivity contribution in [2.24, 2.45) is 0 Å². The zero-order valence-electron chi connectivity index (χ0n) is 9.95. The Kier molecular flexibility index (Phi) is 3.13. The first-order valence-corrected chi connectivity index (χ1v) is 6.29. The lowest BCUT2D eigenvalue weighted by Gasteiger charge is -2.35. The minimum Gasteiger partial charge on any atom is -0.474 e. The third-order valence-electron chi connectivity index (χ3n) is 2.93. The highest BCUT2D eigenvalue weighted by atomic mass is 35.5. The third-order valence-corrected chi connectivity index (χ3v) is 3.17. The summed E-state index contributed by atoms with van der Waals surface area (Å²) >= 11 is 5.93. The molecule has 1 aliphatic rings. The number of rotatable bonds is 3. The Bertz CT molecular complexity index is 597. The average molecular weight is 275 g/mol. The van der Waals surface area contributed by atoms with Gasteiger partial charge < -0.3 is 9.47 Å². The van der Waals surface area contributed by atoms with Crippen molar-refractivity contribution in [1.82, 2.24) is 0 Å². The molecular weight excluding hydrogens is 264 g/mol. The fraction of sp³-hybridized carbons (Fsp3) is 0.133. The predicted molar refractivity (Wildman–Crippen MR) is 71.1 cm³/mol. The van der Waals surface area contributed by atoms with E-state index in [2.05, 4.69) is 0 Å². The van der Waals surface area contributed by atoms with Crippen LogP contribution >= 0.6 is 11.6 Å². The molecule has 0 aliphatic carbocycles. The number of para-hydroxylation sites is 1. The molecule has 1 saturated heterocycles. The second-order valence-electron chi connectivity index (χ2n) is 4.26. The molecule has 1 aliphatic heterocycles.